The van der Waals surface area contributed by atoms with Gasteiger partial charge >= 0.3 is 0 Å². The number of nitrogens with two attached hydrogens (primary N) is 1. The molecule has 1 atom stereocenters. The van der Waals surface area contributed by atoms with Crippen molar-refractivity contribution in [3.8, 4) is 0 Å². The van der Waals surface area contributed by atoms with E-state index in [0.29, 0.717) is 0 Å². The molecular weight excluding hydrogens is 220 g/mol. The predicted octanol–water partition coefficient (Wildman–Crippen LogP) is 2.60. The number of hydrogen-bond acceptors (Lipinski definition) is 5. The SMILES string of the molecule is Cc1nnc(NC(C)c2ccc(N)cc2)s1. The summed E-state index contributed by atoms with van der Waals surface area (Å²) in [4.78, 5) is 0. The van der Waals surface area contributed by atoms with Gasteiger partial charge in [-0.05, 0) is 31.5 Å². The molecule has 84 valence electrons. The fourth-order valence-electron chi connectivity index (χ4n) is 1.41. The first kappa shape index (κ1) is 10.9. The molecule has 0 bridgehead atoms. The van der Waals surface area contributed by atoms with Crippen LogP contribution >= 0.6 is 11.3 Å². The van der Waals surface area contributed by atoms with Crippen LogP contribution in [0.3, 0.4) is 0 Å². The van der Waals surface area contributed by atoms with Crippen LogP contribution in [0.5, 0.6) is 0 Å². The smallest absolute Gasteiger partial charge is 0.206 e. The molecule has 0 fully saturated rings. The van der Waals surface area contributed by atoms with E-state index in [1.54, 1.807) is 11.3 Å². The fraction of sp³-hybridized carbons (Fsp3) is 0.273. The van der Waals surface area contributed by atoms with E-state index in [0.717, 1.165) is 15.8 Å². The molecule has 0 radical (unpaired) electrons. The molecule has 0 amide bonds. The third-order valence-corrected chi connectivity index (χ3v) is 3.07. The van der Waals surface area contributed by atoms with Crippen molar-refractivity contribution >= 4 is 22.2 Å². The van der Waals surface area contributed by atoms with Gasteiger partial charge in [-0.15, -0.1) is 10.2 Å². The number of nitrogens with one attached hydrogen (secondary N) is 1. The number of rotatable bonds is 3. The van der Waals surface area contributed by atoms with E-state index in [-0.39, 0.29) is 6.04 Å². The lowest BCUT2D eigenvalue weighted by Gasteiger charge is -2.12. The van der Waals surface area contributed by atoms with Crippen LogP contribution in [0.15, 0.2) is 24.3 Å². The zero-order valence-electron chi connectivity index (χ0n) is 9.27. The van der Waals surface area contributed by atoms with Crippen molar-refractivity contribution in [3.63, 3.8) is 0 Å². The van der Waals surface area contributed by atoms with Gasteiger partial charge in [0, 0.05) is 5.69 Å². The Morgan fingerprint density at radius 3 is 2.50 bits per heavy atom. The van der Waals surface area contributed by atoms with Crippen LogP contribution in [0.2, 0.25) is 0 Å². The Balaban J connectivity index is 2.08. The number of aromatic nitrogens is 2. The molecule has 0 aliphatic carbocycles. The minimum absolute atomic E-state index is 0.202. The summed E-state index contributed by atoms with van der Waals surface area (Å²) < 4.78 is 0. The van der Waals surface area contributed by atoms with Crippen LogP contribution in [-0.4, -0.2) is 10.2 Å². The van der Waals surface area contributed by atoms with Gasteiger partial charge in [0.25, 0.3) is 0 Å². The Morgan fingerprint density at radius 2 is 1.94 bits per heavy atom. The average Bonchev–Trinajstić information content (AvgIpc) is 2.65. The highest BCUT2D eigenvalue weighted by molar-refractivity contribution is 7.15. The zero-order chi connectivity index (χ0) is 11.5. The molecule has 3 N–H and O–H groups in total. The molecule has 16 heavy (non-hydrogen) atoms. The third kappa shape index (κ3) is 2.49. The van der Waals surface area contributed by atoms with Gasteiger partial charge in [0.1, 0.15) is 5.01 Å². The lowest BCUT2D eigenvalue weighted by Crippen LogP contribution is -2.06. The van der Waals surface area contributed by atoms with Crippen molar-refractivity contribution in [3.05, 3.63) is 34.8 Å². The third-order valence-electron chi connectivity index (χ3n) is 2.30. The van der Waals surface area contributed by atoms with E-state index < -0.39 is 0 Å². The Hall–Kier alpha value is -1.62. The minimum Gasteiger partial charge on any atom is -0.399 e. The van der Waals surface area contributed by atoms with E-state index in [4.69, 9.17) is 5.73 Å². The van der Waals surface area contributed by atoms with Gasteiger partial charge in [-0.2, -0.15) is 0 Å². The van der Waals surface area contributed by atoms with Gasteiger partial charge < -0.3 is 11.1 Å². The van der Waals surface area contributed by atoms with Crippen LogP contribution in [0.4, 0.5) is 10.8 Å². The topological polar surface area (TPSA) is 63.8 Å². The molecule has 0 aliphatic heterocycles. The molecule has 2 aromatic rings. The summed E-state index contributed by atoms with van der Waals surface area (Å²) >= 11 is 1.56. The maximum atomic E-state index is 5.64. The van der Waals surface area contributed by atoms with Crippen molar-refractivity contribution in [2.45, 2.75) is 19.9 Å². The molecule has 1 unspecified atom stereocenters. The minimum atomic E-state index is 0.202. The fourth-order valence-corrected chi connectivity index (χ4v) is 2.09. The normalized spacial score (nSPS) is 12.4. The molecule has 2 rings (SSSR count). The lowest BCUT2D eigenvalue weighted by atomic mass is 10.1. The van der Waals surface area contributed by atoms with E-state index in [1.807, 2.05) is 31.2 Å². The lowest BCUT2D eigenvalue weighted by molar-refractivity contribution is 0.872. The van der Waals surface area contributed by atoms with Crippen molar-refractivity contribution in [1.82, 2.24) is 10.2 Å². The van der Waals surface area contributed by atoms with Crippen LogP contribution in [0, 0.1) is 6.92 Å². The number of hydrogen-bond donors (Lipinski definition) is 2. The zero-order valence-corrected chi connectivity index (χ0v) is 10.1. The Bertz CT molecular complexity index is 463. The summed E-state index contributed by atoms with van der Waals surface area (Å²) in [6.45, 7) is 4.03. The molecule has 1 heterocycles. The highest BCUT2D eigenvalue weighted by Gasteiger charge is 2.07. The quantitative estimate of drug-likeness (QED) is 0.801. The molecule has 0 spiro atoms. The maximum Gasteiger partial charge on any atom is 0.206 e. The van der Waals surface area contributed by atoms with E-state index in [2.05, 4.69) is 22.4 Å². The Morgan fingerprint density at radius 1 is 1.25 bits per heavy atom. The number of nitrogen functional groups attached to an aromatic ring is 1. The molecule has 4 nitrogen and oxygen atoms in total. The first-order valence-corrected chi connectivity index (χ1v) is 5.89. The van der Waals surface area contributed by atoms with Crippen LogP contribution in [0.25, 0.3) is 0 Å². The summed E-state index contributed by atoms with van der Waals surface area (Å²) in [7, 11) is 0. The van der Waals surface area contributed by atoms with E-state index >= 15 is 0 Å². The molecule has 0 aliphatic rings. The van der Waals surface area contributed by atoms with Gasteiger partial charge in [0.05, 0.1) is 6.04 Å². The summed E-state index contributed by atoms with van der Waals surface area (Å²) in [5, 5.41) is 13.1. The second kappa shape index (κ2) is 4.49. The first-order chi connectivity index (χ1) is 7.65. The van der Waals surface area contributed by atoms with Gasteiger partial charge in [0.2, 0.25) is 5.13 Å². The monoisotopic (exact) mass is 234 g/mol. The molecule has 0 saturated heterocycles. The van der Waals surface area contributed by atoms with Crippen LogP contribution < -0.4 is 11.1 Å². The number of aryl methyl sites for hydroxylation is 1. The Kier molecular flexibility index (Phi) is 3.05. The molecule has 1 aromatic heterocycles. The number of anilines is 2. The van der Waals surface area contributed by atoms with Crippen molar-refractivity contribution in [2.24, 2.45) is 0 Å². The summed E-state index contributed by atoms with van der Waals surface area (Å²) in [5.74, 6) is 0. The second-order valence-electron chi connectivity index (χ2n) is 3.66. The van der Waals surface area contributed by atoms with Gasteiger partial charge in [0.15, 0.2) is 0 Å². The highest BCUT2D eigenvalue weighted by Crippen LogP contribution is 2.22. The Labute approximate surface area is 98.5 Å². The van der Waals surface area contributed by atoms with Crippen molar-refractivity contribution in [2.75, 3.05) is 11.1 Å². The standard InChI is InChI=1S/C11H14N4S/c1-7(9-3-5-10(12)6-4-9)13-11-15-14-8(2)16-11/h3-7H,12H2,1-2H3,(H,13,15). The number of benzene rings is 1. The molecule has 5 heteroatoms. The maximum absolute atomic E-state index is 5.64. The predicted molar refractivity (Wildman–Crippen MR) is 67.5 cm³/mol. The van der Waals surface area contributed by atoms with E-state index in [9.17, 15) is 0 Å². The molecular formula is C11H14N4S. The first-order valence-electron chi connectivity index (χ1n) is 5.07. The average molecular weight is 234 g/mol. The highest BCUT2D eigenvalue weighted by atomic mass is 32.1. The van der Waals surface area contributed by atoms with Gasteiger partial charge in [-0.3, -0.25) is 0 Å². The largest absolute Gasteiger partial charge is 0.399 e. The van der Waals surface area contributed by atoms with Crippen LogP contribution in [0.1, 0.15) is 23.5 Å². The second-order valence-corrected chi connectivity index (χ2v) is 4.84. The number of nitrogens with zero attached hydrogens (tertiary/aromatic N) is 2. The van der Waals surface area contributed by atoms with E-state index in [1.165, 1.54) is 5.56 Å². The summed E-state index contributed by atoms with van der Waals surface area (Å²) in [6.07, 6.45) is 0. The summed E-state index contributed by atoms with van der Waals surface area (Å²) in [6, 6.07) is 8.03. The van der Waals surface area contributed by atoms with Crippen molar-refractivity contribution < 1.29 is 0 Å². The summed E-state index contributed by atoms with van der Waals surface area (Å²) in [5.41, 5.74) is 7.60. The van der Waals surface area contributed by atoms with Gasteiger partial charge in [-0.1, -0.05) is 23.5 Å². The molecule has 0 saturated carbocycles. The van der Waals surface area contributed by atoms with Crippen LogP contribution in [-0.2, 0) is 0 Å². The van der Waals surface area contributed by atoms with Gasteiger partial charge in [-0.25, -0.2) is 0 Å². The van der Waals surface area contributed by atoms with Crippen molar-refractivity contribution in [1.29, 1.82) is 0 Å². The molecule has 1 aromatic carbocycles.